The summed E-state index contributed by atoms with van der Waals surface area (Å²) in [5, 5.41) is 0. The Kier molecular flexibility index (Phi) is 6.00. The number of rotatable bonds is 5. The molecule has 0 bridgehead atoms. The number of allylic oxidation sites excluding steroid dienone is 2. The summed E-state index contributed by atoms with van der Waals surface area (Å²) in [6.07, 6.45) is 7.11. The standard InChI is InChI=1S/C24H37FN2/c1-6-7-10-26-11-13-27(14-12-26)22-9-8-20(25)15-21(22)19-16-23(2,3)18-24(4,5)17-19/h8-9,15-16H,6-7,10-14,17-18H2,1-5H3. The SMILES string of the molecule is CCCCN1CCN(c2ccc(F)cc2C2=CC(C)(C)CC(C)(C)C2)CC1. The van der Waals surface area contributed by atoms with Crippen molar-refractivity contribution in [2.75, 3.05) is 37.6 Å². The highest BCUT2D eigenvalue weighted by Crippen LogP contribution is 2.48. The third-order valence-corrected chi connectivity index (χ3v) is 6.01. The quantitative estimate of drug-likeness (QED) is 0.627. The molecule has 0 unspecified atom stereocenters. The second-order valence-corrected chi connectivity index (χ2v) is 10.0. The summed E-state index contributed by atoms with van der Waals surface area (Å²) in [5.41, 5.74) is 4.04. The lowest BCUT2D eigenvalue weighted by atomic mass is 9.65. The van der Waals surface area contributed by atoms with Crippen LogP contribution in [0.1, 0.15) is 65.9 Å². The molecule has 1 aromatic rings. The average molecular weight is 373 g/mol. The van der Waals surface area contributed by atoms with Crippen LogP contribution in [0.15, 0.2) is 24.3 Å². The van der Waals surface area contributed by atoms with Crippen molar-refractivity contribution in [1.29, 1.82) is 0 Å². The van der Waals surface area contributed by atoms with Crippen LogP contribution in [0.2, 0.25) is 0 Å². The molecule has 0 spiro atoms. The molecule has 3 rings (SSSR count). The molecule has 0 saturated carbocycles. The maximum atomic E-state index is 14.2. The minimum Gasteiger partial charge on any atom is -0.368 e. The van der Waals surface area contributed by atoms with Crippen LogP contribution < -0.4 is 4.90 Å². The van der Waals surface area contributed by atoms with E-state index in [1.54, 1.807) is 12.1 Å². The molecular weight excluding hydrogens is 335 g/mol. The van der Waals surface area contributed by atoms with Gasteiger partial charge in [0.1, 0.15) is 5.82 Å². The Balaban J connectivity index is 1.86. The highest BCUT2D eigenvalue weighted by molar-refractivity contribution is 5.78. The summed E-state index contributed by atoms with van der Waals surface area (Å²) in [6.45, 7) is 17.0. The molecule has 27 heavy (non-hydrogen) atoms. The van der Waals surface area contributed by atoms with E-state index in [1.165, 1.54) is 37.1 Å². The van der Waals surface area contributed by atoms with Gasteiger partial charge in [0.15, 0.2) is 0 Å². The van der Waals surface area contributed by atoms with Gasteiger partial charge >= 0.3 is 0 Å². The van der Waals surface area contributed by atoms with Crippen LogP contribution in [0.4, 0.5) is 10.1 Å². The normalized spacial score (nSPS) is 22.6. The molecule has 0 N–H and O–H groups in total. The summed E-state index contributed by atoms with van der Waals surface area (Å²) < 4.78 is 14.2. The van der Waals surface area contributed by atoms with Gasteiger partial charge in [-0.15, -0.1) is 0 Å². The topological polar surface area (TPSA) is 6.48 Å². The Morgan fingerprint density at radius 1 is 1.04 bits per heavy atom. The Morgan fingerprint density at radius 2 is 1.74 bits per heavy atom. The van der Waals surface area contributed by atoms with Crippen LogP contribution in [-0.2, 0) is 0 Å². The smallest absolute Gasteiger partial charge is 0.123 e. The second-order valence-electron chi connectivity index (χ2n) is 10.0. The van der Waals surface area contributed by atoms with E-state index in [-0.39, 0.29) is 16.6 Å². The first-order valence-corrected chi connectivity index (χ1v) is 10.7. The fraction of sp³-hybridized carbons (Fsp3) is 0.667. The lowest BCUT2D eigenvalue weighted by Crippen LogP contribution is -2.47. The zero-order valence-corrected chi connectivity index (χ0v) is 17.9. The fourth-order valence-corrected chi connectivity index (χ4v) is 5.19. The lowest BCUT2D eigenvalue weighted by molar-refractivity contribution is 0.228. The summed E-state index contributed by atoms with van der Waals surface area (Å²) in [7, 11) is 0. The van der Waals surface area contributed by atoms with Crippen molar-refractivity contribution < 1.29 is 4.39 Å². The molecular formula is C24H37FN2. The molecule has 1 aromatic carbocycles. The molecule has 0 amide bonds. The third kappa shape index (κ3) is 5.13. The molecule has 0 atom stereocenters. The van der Waals surface area contributed by atoms with Gasteiger partial charge < -0.3 is 4.90 Å². The van der Waals surface area contributed by atoms with Crippen LogP contribution in [0, 0.1) is 16.6 Å². The summed E-state index contributed by atoms with van der Waals surface area (Å²) in [6, 6.07) is 5.39. The predicted molar refractivity (Wildman–Crippen MR) is 115 cm³/mol. The average Bonchev–Trinajstić information content (AvgIpc) is 2.58. The number of nitrogens with zero attached hydrogens (tertiary/aromatic N) is 2. The van der Waals surface area contributed by atoms with Gasteiger partial charge in [-0.3, -0.25) is 4.90 Å². The minimum atomic E-state index is -0.127. The van der Waals surface area contributed by atoms with Crippen LogP contribution in [0.5, 0.6) is 0 Å². The van der Waals surface area contributed by atoms with Gasteiger partial charge in [-0.1, -0.05) is 47.1 Å². The number of piperazine rings is 1. The van der Waals surface area contributed by atoms with Crippen molar-refractivity contribution in [3.63, 3.8) is 0 Å². The van der Waals surface area contributed by atoms with E-state index in [2.05, 4.69) is 50.5 Å². The minimum absolute atomic E-state index is 0.127. The number of hydrogen-bond acceptors (Lipinski definition) is 2. The van der Waals surface area contributed by atoms with Crippen molar-refractivity contribution in [1.82, 2.24) is 4.90 Å². The van der Waals surface area contributed by atoms with E-state index < -0.39 is 0 Å². The molecule has 1 aliphatic heterocycles. The van der Waals surface area contributed by atoms with Gasteiger partial charge in [-0.25, -0.2) is 4.39 Å². The van der Waals surface area contributed by atoms with E-state index in [0.717, 1.165) is 38.2 Å². The number of halogens is 1. The Hall–Kier alpha value is -1.35. The lowest BCUT2D eigenvalue weighted by Gasteiger charge is -2.41. The van der Waals surface area contributed by atoms with Gasteiger partial charge in [-0.2, -0.15) is 0 Å². The van der Waals surface area contributed by atoms with Crippen molar-refractivity contribution in [2.45, 2.75) is 60.3 Å². The summed E-state index contributed by atoms with van der Waals surface area (Å²) in [5.74, 6) is -0.127. The molecule has 1 aliphatic carbocycles. The van der Waals surface area contributed by atoms with Crippen molar-refractivity contribution in [3.05, 3.63) is 35.7 Å². The molecule has 0 aromatic heterocycles. The van der Waals surface area contributed by atoms with Gasteiger partial charge in [-0.05, 0) is 60.4 Å². The summed E-state index contributed by atoms with van der Waals surface area (Å²) >= 11 is 0. The molecule has 150 valence electrons. The predicted octanol–water partition coefficient (Wildman–Crippen LogP) is 5.98. The van der Waals surface area contributed by atoms with E-state index >= 15 is 0 Å². The van der Waals surface area contributed by atoms with Crippen LogP contribution >= 0.6 is 0 Å². The zero-order valence-electron chi connectivity index (χ0n) is 17.9. The van der Waals surface area contributed by atoms with Crippen molar-refractivity contribution in [2.24, 2.45) is 10.8 Å². The van der Waals surface area contributed by atoms with E-state index in [0.29, 0.717) is 0 Å². The number of benzene rings is 1. The van der Waals surface area contributed by atoms with Crippen LogP contribution in [-0.4, -0.2) is 37.6 Å². The van der Waals surface area contributed by atoms with Gasteiger partial charge in [0.25, 0.3) is 0 Å². The molecule has 2 aliphatic rings. The number of anilines is 1. The maximum absolute atomic E-state index is 14.2. The molecule has 2 nitrogen and oxygen atoms in total. The third-order valence-electron chi connectivity index (χ3n) is 6.01. The van der Waals surface area contributed by atoms with Crippen molar-refractivity contribution >= 4 is 11.3 Å². The number of hydrogen-bond donors (Lipinski definition) is 0. The fourth-order valence-electron chi connectivity index (χ4n) is 5.19. The van der Waals surface area contributed by atoms with Crippen LogP contribution in [0.25, 0.3) is 5.57 Å². The molecule has 0 radical (unpaired) electrons. The van der Waals surface area contributed by atoms with Gasteiger partial charge in [0.2, 0.25) is 0 Å². The first kappa shape index (κ1) is 20.4. The first-order valence-electron chi connectivity index (χ1n) is 10.7. The Morgan fingerprint density at radius 3 is 2.37 bits per heavy atom. The second kappa shape index (κ2) is 7.95. The molecule has 1 fully saturated rings. The Labute approximate surface area is 165 Å². The monoisotopic (exact) mass is 372 g/mol. The summed E-state index contributed by atoms with van der Waals surface area (Å²) in [4.78, 5) is 5.03. The zero-order chi connectivity index (χ0) is 19.7. The first-order chi connectivity index (χ1) is 12.7. The maximum Gasteiger partial charge on any atom is 0.123 e. The van der Waals surface area contributed by atoms with Gasteiger partial charge in [0, 0.05) is 37.4 Å². The molecule has 3 heteroatoms. The highest BCUT2D eigenvalue weighted by Gasteiger charge is 2.34. The Bertz CT molecular complexity index is 682. The highest BCUT2D eigenvalue weighted by atomic mass is 19.1. The van der Waals surface area contributed by atoms with E-state index in [1.807, 2.05) is 6.07 Å². The van der Waals surface area contributed by atoms with Crippen molar-refractivity contribution in [3.8, 4) is 0 Å². The molecule has 1 saturated heterocycles. The van der Waals surface area contributed by atoms with Gasteiger partial charge in [0.05, 0.1) is 0 Å². The largest absolute Gasteiger partial charge is 0.368 e. The van der Waals surface area contributed by atoms with E-state index in [9.17, 15) is 4.39 Å². The molecule has 1 heterocycles. The number of unbranched alkanes of at least 4 members (excludes halogenated alkanes) is 1. The van der Waals surface area contributed by atoms with E-state index in [4.69, 9.17) is 0 Å². The van der Waals surface area contributed by atoms with Crippen LogP contribution in [0.3, 0.4) is 0 Å².